The van der Waals surface area contributed by atoms with E-state index in [0.29, 0.717) is 31.8 Å². The van der Waals surface area contributed by atoms with Gasteiger partial charge in [0.2, 0.25) is 5.82 Å². The molecule has 1 fully saturated rings. The SMILES string of the molecule is Cn1c(C2CCN(C(=O)c3n[nH]c(=O)[nH]3)CC2)n[nH]c1=O. The molecule has 0 aromatic carbocycles. The summed E-state index contributed by atoms with van der Waals surface area (Å²) in [7, 11) is 1.67. The molecule has 0 saturated carbocycles. The van der Waals surface area contributed by atoms with Gasteiger partial charge in [0.15, 0.2) is 0 Å². The summed E-state index contributed by atoms with van der Waals surface area (Å²) in [5, 5.41) is 12.3. The van der Waals surface area contributed by atoms with Crippen molar-refractivity contribution in [1.29, 1.82) is 0 Å². The predicted octanol–water partition coefficient (Wildman–Crippen LogP) is -1.46. The molecule has 2 aromatic rings. The van der Waals surface area contributed by atoms with E-state index >= 15 is 0 Å². The lowest BCUT2D eigenvalue weighted by atomic mass is 9.96. The van der Waals surface area contributed by atoms with E-state index < -0.39 is 5.69 Å². The van der Waals surface area contributed by atoms with Gasteiger partial charge in [-0.1, -0.05) is 0 Å². The largest absolute Gasteiger partial charge is 0.343 e. The van der Waals surface area contributed by atoms with Gasteiger partial charge in [0, 0.05) is 26.1 Å². The van der Waals surface area contributed by atoms with Crippen LogP contribution in [0.5, 0.6) is 0 Å². The van der Waals surface area contributed by atoms with Crippen molar-refractivity contribution < 1.29 is 4.79 Å². The highest BCUT2D eigenvalue weighted by Gasteiger charge is 2.28. The van der Waals surface area contributed by atoms with Crippen molar-refractivity contribution in [2.24, 2.45) is 7.05 Å². The monoisotopic (exact) mass is 293 g/mol. The van der Waals surface area contributed by atoms with Gasteiger partial charge in [0.05, 0.1) is 0 Å². The minimum Gasteiger partial charge on any atom is -0.336 e. The second-order valence-electron chi connectivity index (χ2n) is 5.04. The molecule has 3 rings (SSSR count). The zero-order chi connectivity index (χ0) is 15.0. The molecular weight excluding hydrogens is 278 g/mol. The van der Waals surface area contributed by atoms with Crippen molar-refractivity contribution in [3.63, 3.8) is 0 Å². The predicted molar refractivity (Wildman–Crippen MR) is 70.9 cm³/mol. The van der Waals surface area contributed by atoms with Crippen LogP contribution in [0.2, 0.25) is 0 Å². The number of carbonyl (C=O) groups excluding carboxylic acids is 1. The van der Waals surface area contributed by atoms with Crippen LogP contribution in [0, 0.1) is 0 Å². The van der Waals surface area contributed by atoms with Crippen molar-refractivity contribution >= 4 is 5.91 Å². The van der Waals surface area contributed by atoms with Gasteiger partial charge in [-0.15, -0.1) is 5.10 Å². The first-order valence-electron chi connectivity index (χ1n) is 6.61. The standard InChI is InChI=1S/C11H15N7O3/c1-17-8(14-16-11(17)21)6-2-4-18(5-3-6)9(19)7-12-10(20)15-13-7/h6H,2-5H2,1H3,(H,16,21)(H2,12,13,15,20). The van der Waals surface area contributed by atoms with Gasteiger partial charge < -0.3 is 4.90 Å². The van der Waals surface area contributed by atoms with E-state index in [1.165, 1.54) is 4.57 Å². The van der Waals surface area contributed by atoms with Crippen molar-refractivity contribution in [1.82, 2.24) is 34.8 Å². The van der Waals surface area contributed by atoms with Crippen molar-refractivity contribution in [2.45, 2.75) is 18.8 Å². The highest BCUT2D eigenvalue weighted by molar-refractivity contribution is 5.90. The fourth-order valence-electron chi connectivity index (χ4n) is 2.59. The first kappa shape index (κ1) is 13.3. The third-order valence-electron chi connectivity index (χ3n) is 3.77. The molecule has 1 amide bonds. The lowest BCUT2D eigenvalue weighted by molar-refractivity contribution is 0.0698. The summed E-state index contributed by atoms with van der Waals surface area (Å²) in [5.74, 6) is 0.560. The number of hydrogen-bond acceptors (Lipinski definition) is 5. The van der Waals surface area contributed by atoms with Gasteiger partial charge in [-0.2, -0.15) is 5.10 Å². The molecule has 0 unspecified atom stereocenters. The maximum atomic E-state index is 12.1. The number of rotatable bonds is 2. The Balaban J connectivity index is 1.68. The minimum absolute atomic E-state index is 0.0191. The van der Waals surface area contributed by atoms with E-state index in [-0.39, 0.29) is 23.3 Å². The normalized spacial score (nSPS) is 16.3. The molecule has 2 aromatic heterocycles. The van der Waals surface area contributed by atoms with Crippen LogP contribution in [0.3, 0.4) is 0 Å². The van der Waals surface area contributed by atoms with Crippen molar-refractivity contribution in [3.8, 4) is 0 Å². The fourth-order valence-corrected chi connectivity index (χ4v) is 2.59. The summed E-state index contributed by atoms with van der Waals surface area (Å²) in [6, 6.07) is 0. The molecule has 0 radical (unpaired) electrons. The quantitative estimate of drug-likeness (QED) is 0.622. The van der Waals surface area contributed by atoms with Crippen molar-refractivity contribution in [2.75, 3.05) is 13.1 Å². The summed E-state index contributed by atoms with van der Waals surface area (Å²) in [4.78, 5) is 38.5. The Kier molecular flexibility index (Phi) is 3.20. The number of hydrogen-bond donors (Lipinski definition) is 3. The number of H-pyrrole nitrogens is 3. The van der Waals surface area contributed by atoms with E-state index in [1.807, 2.05) is 0 Å². The van der Waals surface area contributed by atoms with E-state index in [4.69, 9.17) is 0 Å². The van der Waals surface area contributed by atoms with Gasteiger partial charge in [-0.25, -0.2) is 19.8 Å². The van der Waals surface area contributed by atoms with Gasteiger partial charge in [0.25, 0.3) is 5.91 Å². The molecule has 1 aliphatic rings. The summed E-state index contributed by atoms with van der Waals surface area (Å²) >= 11 is 0. The summed E-state index contributed by atoms with van der Waals surface area (Å²) in [6.45, 7) is 1.05. The topological polar surface area (TPSA) is 133 Å². The molecule has 21 heavy (non-hydrogen) atoms. The number of nitrogens with zero attached hydrogens (tertiary/aromatic N) is 4. The van der Waals surface area contributed by atoms with Crippen LogP contribution in [-0.2, 0) is 7.05 Å². The van der Waals surface area contributed by atoms with Crippen LogP contribution in [0.4, 0.5) is 0 Å². The Morgan fingerprint density at radius 3 is 2.43 bits per heavy atom. The zero-order valence-electron chi connectivity index (χ0n) is 11.4. The molecular formula is C11H15N7O3. The number of piperidine rings is 1. The average molecular weight is 293 g/mol. The maximum absolute atomic E-state index is 12.1. The Morgan fingerprint density at radius 2 is 1.90 bits per heavy atom. The highest BCUT2D eigenvalue weighted by atomic mass is 16.2. The number of aromatic nitrogens is 6. The molecule has 0 spiro atoms. The molecule has 3 N–H and O–H groups in total. The molecule has 1 saturated heterocycles. The molecule has 112 valence electrons. The van der Waals surface area contributed by atoms with E-state index in [9.17, 15) is 14.4 Å². The third-order valence-corrected chi connectivity index (χ3v) is 3.77. The summed E-state index contributed by atoms with van der Waals surface area (Å²) in [6.07, 6.45) is 1.41. The van der Waals surface area contributed by atoms with E-state index in [2.05, 4.69) is 25.4 Å². The van der Waals surface area contributed by atoms with Crippen LogP contribution in [0.15, 0.2) is 9.59 Å². The molecule has 0 aliphatic carbocycles. The van der Waals surface area contributed by atoms with Crippen LogP contribution < -0.4 is 11.4 Å². The molecule has 10 nitrogen and oxygen atoms in total. The smallest absolute Gasteiger partial charge is 0.336 e. The molecule has 10 heteroatoms. The number of aromatic amines is 3. The van der Waals surface area contributed by atoms with Gasteiger partial charge in [-0.3, -0.25) is 14.3 Å². The molecule has 3 heterocycles. The Morgan fingerprint density at radius 1 is 1.19 bits per heavy atom. The first-order chi connectivity index (χ1) is 10.1. The Bertz CT molecular complexity index is 759. The maximum Gasteiger partial charge on any atom is 0.343 e. The van der Waals surface area contributed by atoms with Crippen LogP contribution in [0.25, 0.3) is 0 Å². The first-order valence-corrected chi connectivity index (χ1v) is 6.61. The Hall–Kier alpha value is -2.65. The van der Waals surface area contributed by atoms with Gasteiger partial charge >= 0.3 is 11.4 Å². The molecule has 1 aliphatic heterocycles. The second kappa shape index (κ2) is 5.04. The average Bonchev–Trinajstić information content (AvgIpc) is 3.06. The number of nitrogens with one attached hydrogen (secondary N) is 3. The second-order valence-corrected chi connectivity index (χ2v) is 5.04. The van der Waals surface area contributed by atoms with Crippen LogP contribution >= 0.6 is 0 Å². The van der Waals surface area contributed by atoms with E-state index in [1.54, 1.807) is 11.9 Å². The van der Waals surface area contributed by atoms with Gasteiger partial charge in [0.1, 0.15) is 5.82 Å². The lowest BCUT2D eigenvalue weighted by Crippen LogP contribution is -2.39. The van der Waals surface area contributed by atoms with Crippen molar-refractivity contribution in [3.05, 3.63) is 32.6 Å². The minimum atomic E-state index is -0.500. The van der Waals surface area contributed by atoms with Crippen LogP contribution in [-0.4, -0.2) is 53.8 Å². The molecule has 0 atom stereocenters. The number of likely N-dealkylation sites (tertiary alicyclic amines) is 1. The van der Waals surface area contributed by atoms with Crippen LogP contribution in [0.1, 0.15) is 35.2 Å². The number of carbonyl (C=O) groups is 1. The third kappa shape index (κ3) is 2.39. The summed E-state index contributed by atoms with van der Waals surface area (Å²) < 4.78 is 1.49. The Labute approximate surface area is 118 Å². The highest BCUT2D eigenvalue weighted by Crippen LogP contribution is 2.25. The van der Waals surface area contributed by atoms with E-state index in [0.717, 1.165) is 0 Å². The zero-order valence-corrected chi connectivity index (χ0v) is 11.4. The lowest BCUT2D eigenvalue weighted by Gasteiger charge is -2.30. The van der Waals surface area contributed by atoms with Gasteiger partial charge in [-0.05, 0) is 12.8 Å². The number of amides is 1. The molecule has 0 bridgehead atoms. The summed E-state index contributed by atoms with van der Waals surface area (Å²) in [5.41, 5.74) is -0.739. The fraction of sp³-hybridized carbons (Fsp3) is 0.545.